The van der Waals surface area contributed by atoms with Gasteiger partial charge in [-0.05, 0) is 62.1 Å². The molecule has 6 nitrogen and oxygen atoms in total. The number of hydrogen-bond acceptors (Lipinski definition) is 3. The predicted octanol–water partition coefficient (Wildman–Crippen LogP) is 5.39. The van der Waals surface area contributed by atoms with Crippen LogP contribution in [0.1, 0.15) is 30.6 Å². The minimum atomic E-state index is -0.333. The lowest BCUT2D eigenvalue weighted by atomic mass is 9.97. The van der Waals surface area contributed by atoms with Crippen molar-refractivity contribution < 1.29 is 18.4 Å². The quantitative estimate of drug-likeness (QED) is 0.494. The molecule has 2 aromatic carbocycles. The van der Waals surface area contributed by atoms with Gasteiger partial charge in [0.25, 0.3) is 0 Å². The van der Waals surface area contributed by atoms with Gasteiger partial charge in [-0.2, -0.15) is 0 Å². The van der Waals surface area contributed by atoms with Crippen molar-refractivity contribution in [3.8, 4) is 11.3 Å². The SMILES string of the molecule is Cc1ccc(NC(=O)NCC2CCCN(C(=O)CCc3ccc(-c4ccccc4F)o3)C2)cc1. The summed E-state index contributed by atoms with van der Waals surface area (Å²) in [5, 5.41) is 5.76. The molecule has 1 atom stereocenters. The molecular weight excluding hydrogens is 433 g/mol. The van der Waals surface area contributed by atoms with Crippen molar-refractivity contribution in [1.29, 1.82) is 0 Å². The van der Waals surface area contributed by atoms with E-state index in [9.17, 15) is 14.0 Å². The van der Waals surface area contributed by atoms with Crippen molar-refractivity contribution in [3.63, 3.8) is 0 Å². The van der Waals surface area contributed by atoms with Crippen LogP contribution in [0.25, 0.3) is 11.3 Å². The highest BCUT2D eigenvalue weighted by Gasteiger charge is 2.24. The lowest BCUT2D eigenvalue weighted by molar-refractivity contribution is -0.133. The summed E-state index contributed by atoms with van der Waals surface area (Å²) in [6, 6.07) is 17.4. The van der Waals surface area contributed by atoms with E-state index in [-0.39, 0.29) is 23.7 Å². The summed E-state index contributed by atoms with van der Waals surface area (Å²) >= 11 is 0. The van der Waals surface area contributed by atoms with Crippen LogP contribution in [0.4, 0.5) is 14.9 Å². The number of amides is 3. The summed E-state index contributed by atoms with van der Waals surface area (Å²) in [6.45, 7) is 3.87. The zero-order valence-corrected chi connectivity index (χ0v) is 19.4. The summed E-state index contributed by atoms with van der Waals surface area (Å²) in [4.78, 5) is 26.9. The number of benzene rings is 2. The molecule has 1 fully saturated rings. The highest BCUT2D eigenvalue weighted by molar-refractivity contribution is 5.89. The molecule has 1 aliphatic heterocycles. The number of rotatable bonds is 7. The Kier molecular flexibility index (Phi) is 7.62. The van der Waals surface area contributed by atoms with Gasteiger partial charge in [-0.25, -0.2) is 9.18 Å². The third-order valence-electron chi connectivity index (χ3n) is 6.12. The van der Waals surface area contributed by atoms with Gasteiger partial charge < -0.3 is 20.0 Å². The molecule has 7 heteroatoms. The topological polar surface area (TPSA) is 74.6 Å². The Morgan fingerprint density at radius 2 is 1.88 bits per heavy atom. The zero-order valence-electron chi connectivity index (χ0n) is 19.4. The Hall–Kier alpha value is -3.61. The fourth-order valence-electron chi connectivity index (χ4n) is 4.21. The Bertz CT molecular complexity index is 1130. The Morgan fingerprint density at radius 1 is 1.09 bits per heavy atom. The molecule has 0 aliphatic carbocycles. The first-order chi connectivity index (χ1) is 16.5. The normalized spacial score (nSPS) is 15.7. The van der Waals surface area contributed by atoms with E-state index in [1.165, 1.54) is 6.07 Å². The first-order valence-corrected chi connectivity index (χ1v) is 11.7. The standard InChI is InChI=1S/C27H30FN3O3/c1-19-8-10-21(11-9-19)30-27(33)29-17-20-5-4-16-31(18-20)26(32)15-13-22-12-14-25(34-22)23-6-2-3-7-24(23)28/h2-3,6-12,14,20H,4-5,13,15-18H2,1H3,(H2,29,30,33). The minimum Gasteiger partial charge on any atom is -0.461 e. The van der Waals surface area contributed by atoms with Crippen LogP contribution in [0.3, 0.4) is 0 Å². The highest BCUT2D eigenvalue weighted by atomic mass is 19.1. The van der Waals surface area contributed by atoms with Gasteiger partial charge >= 0.3 is 6.03 Å². The maximum atomic E-state index is 14.0. The van der Waals surface area contributed by atoms with E-state index < -0.39 is 0 Å². The molecule has 3 amide bonds. The molecule has 1 aromatic heterocycles. The van der Waals surface area contributed by atoms with Crippen LogP contribution >= 0.6 is 0 Å². The molecule has 2 N–H and O–H groups in total. The zero-order chi connectivity index (χ0) is 23.9. The van der Waals surface area contributed by atoms with Crippen molar-refractivity contribution in [2.45, 2.75) is 32.6 Å². The van der Waals surface area contributed by atoms with Crippen LogP contribution in [0.15, 0.2) is 65.1 Å². The lowest BCUT2D eigenvalue weighted by Gasteiger charge is -2.33. The number of piperidine rings is 1. The highest BCUT2D eigenvalue weighted by Crippen LogP contribution is 2.25. The lowest BCUT2D eigenvalue weighted by Crippen LogP contribution is -2.44. The number of aryl methyl sites for hydroxylation is 2. The molecule has 0 spiro atoms. The molecule has 0 bridgehead atoms. The van der Waals surface area contributed by atoms with E-state index in [4.69, 9.17) is 4.42 Å². The van der Waals surface area contributed by atoms with Gasteiger partial charge in [-0.15, -0.1) is 0 Å². The van der Waals surface area contributed by atoms with Gasteiger partial charge in [0.1, 0.15) is 17.3 Å². The van der Waals surface area contributed by atoms with E-state index in [2.05, 4.69) is 10.6 Å². The summed E-state index contributed by atoms with van der Waals surface area (Å²) in [5.74, 6) is 1.08. The predicted molar refractivity (Wildman–Crippen MR) is 130 cm³/mol. The molecule has 34 heavy (non-hydrogen) atoms. The molecule has 1 saturated heterocycles. The fourth-order valence-corrected chi connectivity index (χ4v) is 4.21. The van der Waals surface area contributed by atoms with Gasteiger partial charge in [-0.3, -0.25) is 4.79 Å². The Labute approximate surface area is 199 Å². The number of anilines is 1. The average molecular weight is 464 g/mol. The first-order valence-electron chi connectivity index (χ1n) is 11.7. The molecule has 0 radical (unpaired) electrons. The van der Waals surface area contributed by atoms with Gasteiger partial charge in [0.15, 0.2) is 0 Å². The number of carbonyl (C=O) groups excluding carboxylic acids is 2. The summed E-state index contributed by atoms with van der Waals surface area (Å²) in [7, 11) is 0. The summed E-state index contributed by atoms with van der Waals surface area (Å²) < 4.78 is 19.7. The van der Waals surface area contributed by atoms with Gasteiger partial charge in [0, 0.05) is 38.2 Å². The van der Waals surface area contributed by atoms with Crippen LogP contribution in [-0.2, 0) is 11.2 Å². The van der Waals surface area contributed by atoms with Crippen molar-refractivity contribution in [1.82, 2.24) is 10.2 Å². The summed E-state index contributed by atoms with van der Waals surface area (Å²) in [6.07, 6.45) is 2.68. The van der Waals surface area contributed by atoms with E-state index in [1.807, 2.05) is 36.1 Å². The minimum absolute atomic E-state index is 0.0673. The van der Waals surface area contributed by atoms with Gasteiger partial charge in [-0.1, -0.05) is 29.8 Å². The second-order valence-corrected chi connectivity index (χ2v) is 8.79. The number of carbonyl (C=O) groups is 2. The molecular formula is C27H30FN3O3. The van der Waals surface area contributed by atoms with Crippen molar-refractivity contribution >= 4 is 17.6 Å². The van der Waals surface area contributed by atoms with Crippen LogP contribution < -0.4 is 10.6 Å². The number of nitrogens with zero attached hydrogens (tertiary/aromatic N) is 1. The first kappa shape index (κ1) is 23.5. The molecule has 178 valence electrons. The monoisotopic (exact) mass is 463 g/mol. The third-order valence-corrected chi connectivity index (χ3v) is 6.12. The van der Waals surface area contributed by atoms with Crippen molar-refractivity contribution in [2.75, 3.05) is 25.0 Å². The fraction of sp³-hybridized carbons (Fsp3) is 0.333. The summed E-state index contributed by atoms with van der Waals surface area (Å²) in [5.41, 5.74) is 2.30. The average Bonchev–Trinajstić information content (AvgIpc) is 3.32. The molecule has 3 aromatic rings. The number of urea groups is 1. The Morgan fingerprint density at radius 3 is 2.68 bits per heavy atom. The van der Waals surface area contributed by atoms with E-state index in [0.717, 1.165) is 30.6 Å². The number of likely N-dealkylation sites (tertiary alicyclic amines) is 1. The second kappa shape index (κ2) is 11.0. The van der Waals surface area contributed by atoms with Gasteiger partial charge in [0.05, 0.1) is 5.56 Å². The largest absolute Gasteiger partial charge is 0.461 e. The van der Waals surface area contributed by atoms with Crippen LogP contribution in [-0.4, -0.2) is 36.5 Å². The smallest absolute Gasteiger partial charge is 0.319 e. The third kappa shape index (κ3) is 6.25. The van der Waals surface area contributed by atoms with Crippen LogP contribution in [0.5, 0.6) is 0 Å². The van der Waals surface area contributed by atoms with E-state index >= 15 is 0 Å². The van der Waals surface area contributed by atoms with E-state index in [1.54, 1.807) is 30.3 Å². The molecule has 1 unspecified atom stereocenters. The van der Waals surface area contributed by atoms with E-state index in [0.29, 0.717) is 43.0 Å². The van der Waals surface area contributed by atoms with Crippen LogP contribution in [0, 0.1) is 18.7 Å². The van der Waals surface area contributed by atoms with Crippen LogP contribution in [0.2, 0.25) is 0 Å². The molecule has 2 heterocycles. The molecule has 1 aliphatic rings. The number of furan rings is 1. The van der Waals surface area contributed by atoms with Gasteiger partial charge in [0.2, 0.25) is 5.91 Å². The maximum Gasteiger partial charge on any atom is 0.319 e. The van der Waals surface area contributed by atoms with Crippen molar-refractivity contribution in [3.05, 3.63) is 77.8 Å². The number of halogens is 1. The Balaban J connectivity index is 1.22. The number of hydrogen-bond donors (Lipinski definition) is 2. The van der Waals surface area contributed by atoms with Crippen molar-refractivity contribution in [2.24, 2.45) is 5.92 Å². The maximum absolute atomic E-state index is 14.0. The molecule has 0 saturated carbocycles. The second-order valence-electron chi connectivity index (χ2n) is 8.79. The number of nitrogens with one attached hydrogen (secondary N) is 2. The molecule has 4 rings (SSSR count).